The molecule has 5 heterocycles. The Labute approximate surface area is 169 Å². The number of imidazole rings is 1. The second-order valence-electron chi connectivity index (χ2n) is 7.87. The zero-order chi connectivity index (χ0) is 20.4. The first-order chi connectivity index (χ1) is 14.6. The number of piperidine rings is 1. The highest BCUT2D eigenvalue weighted by Gasteiger charge is 2.58. The van der Waals surface area contributed by atoms with Gasteiger partial charge in [-0.05, 0) is 11.8 Å². The summed E-state index contributed by atoms with van der Waals surface area (Å²) in [5, 5.41) is 4.14. The van der Waals surface area contributed by atoms with Gasteiger partial charge in [0.1, 0.15) is 18.7 Å². The molecule has 11 heteroatoms. The Morgan fingerprint density at radius 1 is 1.20 bits per heavy atom. The molecule has 2 fully saturated rings. The zero-order valence-corrected chi connectivity index (χ0v) is 16.0. The van der Waals surface area contributed by atoms with Gasteiger partial charge in [-0.3, -0.25) is 14.3 Å². The Kier molecular flexibility index (Phi) is 3.55. The lowest BCUT2D eigenvalue weighted by atomic mass is 10.2. The van der Waals surface area contributed by atoms with E-state index >= 15 is 0 Å². The van der Waals surface area contributed by atoms with Crippen molar-refractivity contribution in [3.8, 4) is 0 Å². The molecule has 152 valence electrons. The maximum absolute atomic E-state index is 13.4. The standard InChI is InChI=1S/C19H17FN8O2/c1-26-8-22-18-16(26)19(29)28(9-23-18)7-14-24-17(25-30-14)15-12-5-27(6-13(12)15)11-2-10(20)3-21-4-11/h2-4,8-9,12-13,15H,5-7H2,1H3/t12-,13+,15?. The molecule has 4 aromatic rings. The highest BCUT2D eigenvalue weighted by molar-refractivity contribution is 5.68. The van der Waals surface area contributed by atoms with Crippen molar-refractivity contribution >= 4 is 16.9 Å². The van der Waals surface area contributed by atoms with Crippen LogP contribution >= 0.6 is 0 Å². The Balaban J connectivity index is 1.17. The van der Waals surface area contributed by atoms with Crippen LogP contribution in [0.5, 0.6) is 0 Å². The maximum Gasteiger partial charge on any atom is 0.280 e. The molecule has 30 heavy (non-hydrogen) atoms. The molecule has 4 aromatic heterocycles. The fraction of sp³-hybridized carbons (Fsp3) is 0.368. The van der Waals surface area contributed by atoms with Crippen molar-refractivity contribution in [1.29, 1.82) is 0 Å². The molecular formula is C19H17FN8O2. The van der Waals surface area contributed by atoms with Gasteiger partial charge in [0.15, 0.2) is 17.0 Å². The number of aryl methyl sites for hydroxylation is 1. The molecule has 0 spiro atoms. The van der Waals surface area contributed by atoms with E-state index in [0.29, 0.717) is 34.7 Å². The summed E-state index contributed by atoms with van der Waals surface area (Å²) in [6.07, 6.45) is 5.89. The Bertz CT molecular complexity index is 1320. The minimum absolute atomic E-state index is 0.156. The lowest BCUT2D eigenvalue weighted by Crippen LogP contribution is -2.24. The van der Waals surface area contributed by atoms with Gasteiger partial charge in [0, 0.05) is 32.1 Å². The van der Waals surface area contributed by atoms with Gasteiger partial charge >= 0.3 is 0 Å². The van der Waals surface area contributed by atoms with Crippen molar-refractivity contribution in [3.05, 3.63) is 59.0 Å². The predicted molar refractivity (Wildman–Crippen MR) is 102 cm³/mol. The summed E-state index contributed by atoms with van der Waals surface area (Å²) in [6.45, 7) is 1.78. The molecule has 1 aliphatic carbocycles. The quantitative estimate of drug-likeness (QED) is 0.491. The normalized spacial score (nSPS) is 22.6. The molecule has 3 atom stereocenters. The maximum atomic E-state index is 13.4. The van der Waals surface area contributed by atoms with Gasteiger partial charge in [-0.15, -0.1) is 0 Å². The second kappa shape index (κ2) is 6.18. The van der Waals surface area contributed by atoms with Crippen molar-refractivity contribution in [2.45, 2.75) is 12.5 Å². The van der Waals surface area contributed by atoms with E-state index in [1.54, 1.807) is 24.1 Å². The highest BCUT2D eigenvalue weighted by atomic mass is 19.1. The average Bonchev–Trinajstić information content (AvgIpc) is 3.16. The molecule has 1 unspecified atom stereocenters. The Morgan fingerprint density at radius 2 is 2.00 bits per heavy atom. The SMILES string of the molecule is Cn1cnc2ncn(Cc3nc(C4[C@H]5CN(c6cncc(F)c6)C[C@@H]45)no3)c(=O)c21. The fourth-order valence-corrected chi connectivity index (χ4v) is 4.49. The van der Waals surface area contributed by atoms with Crippen LogP contribution in [0.25, 0.3) is 11.2 Å². The van der Waals surface area contributed by atoms with E-state index in [-0.39, 0.29) is 23.8 Å². The third-order valence-corrected chi connectivity index (χ3v) is 6.04. The summed E-state index contributed by atoms with van der Waals surface area (Å²) in [4.78, 5) is 31.5. The lowest BCUT2D eigenvalue weighted by Gasteiger charge is -2.20. The van der Waals surface area contributed by atoms with Crippen molar-refractivity contribution in [2.24, 2.45) is 18.9 Å². The first kappa shape index (κ1) is 17.2. The van der Waals surface area contributed by atoms with Gasteiger partial charge in [0.25, 0.3) is 5.56 Å². The number of nitrogens with zero attached hydrogens (tertiary/aromatic N) is 8. The summed E-state index contributed by atoms with van der Waals surface area (Å²) >= 11 is 0. The molecule has 2 aliphatic rings. The van der Waals surface area contributed by atoms with Crippen molar-refractivity contribution in [2.75, 3.05) is 18.0 Å². The van der Waals surface area contributed by atoms with Crippen LogP contribution in [0, 0.1) is 17.7 Å². The molecule has 10 nitrogen and oxygen atoms in total. The molecule has 1 saturated heterocycles. The Hall–Kier alpha value is -3.63. The molecule has 6 rings (SSSR count). The molecule has 0 N–H and O–H groups in total. The van der Waals surface area contributed by atoms with E-state index in [1.807, 2.05) is 0 Å². The number of aromatic nitrogens is 7. The summed E-state index contributed by atoms with van der Waals surface area (Å²) in [7, 11) is 1.75. The van der Waals surface area contributed by atoms with Crippen LogP contribution in [0.15, 0.2) is 40.4 Å². The molecule has 1 saturated carbocycles. The predicted octanol–water partition coefficient (Wildman–Crippen LogP) is 0.945. The number of hydrogen-bond donors (Lipinski definition) is 0. The van der Waals surface area contributed by atoms with Crippen LogP contribution in [0.3, 0.4) is 0 Å². The van der Waals surface area contributed by atoms with Crippen LogP contribution in [0.2, 0.25) is 0 Å². The van der Waals surface area contributed by atoms with Gasteiger partial charge in [-0.1, -0.05) is 5.16 Å². The van der Waals surface area contributed by atoms with Crippen LogP contribution in [0.4, 0.5) is 10.1 Å². The van der Waals surface area contributed by atoms with Crippen molar-refractivity contribution < 1.29 is 8.91 Å². The van der Waals surface area contributed by atoms with E-state index in [4.69, 9.17) is 4.52 Å². The van der Waals surface area contributed by atoms with E-state index in [0.717, 1.165) is 18.8 Å². The van der Waals surface area contributed by atoms with E-state index in [9.17, 15) is 9.18 Å². The van der Waals surface area contributed by atoms with Crippen molar-refractivity contribution in [1.82, 2.24) is 34.2 Å². The molecule has 1 aliphatic heterocycles. The minimum atomic E-state index is -0.332. The summed E-state index contributed by atoms with van der Waals surface area (Å²) in [6, 6.07) is 1.50. The molecule has 0 bridgehead atoms. The summed E-state index contributed by atoms with van der Waals surface area (Å²) < 4.78 is 21.9. The number of hydrogen-bond acceptors (Lipinski definition) is 8. The number of pyridine rings is 1. The van der Waals surface area contributed by atoms with Gasteiger partial charge in [-0.2, -0.15) is 4.98 Å². The second-order valence-corrected chi connectivity index (χ2v) is 7.87. The summed E-state index contributed by atoms with van der Waals surface area (Å²) in [5.41, 5.74) is 1.43. The summed E-state index contributed by atoms with van der Waals surface area (Å²) in [5.74, 6) is 1.75. The Morgan fingerprint density at radius 3 is 2.80 bits per heavy atom. The number of anilines is 1. The van der Waals surface area contributed by atoms with Crippen LogP contribution in [-0.4, -0.2) is 47.3 Å². The number of fused-ring (bicyclic) bond motifs is 2. The molecule has 0 amide bonds. The molecule has 0 aromatic carbocycles. The molecular weight excluding hydrogens is 391 g/mol. The van der Waals surface area contributed by atoms with E-state index in [2.05, 4.69) is 30.0 Å². The van der Waals surface area contributed by atoms with Gasteiger partial charge < -0.3 is 14.0 Å². The van der Waals surface area contributed by atoms with Crippen molar-refractivity contribution in [3.63, 3.8) is 0 Å². The van der Waals surface area contributed by atoms with Gasteiger partial charge in [0.2, 0.25) is 5.89 Å². The first-order valence-electron chi connectivity index (χ1n) is 9.63. The van der Waals surface area contributed by atoms with Crippen LogP contribution in [0.1, 0.15) is 17.6 Å². The zero-order valence-electron chi connectivity index (χ0n) is 16.0. The smallest absolute Gasteiger partial charge is 0.280 e. The largest absolute Gasteiger partial charge is 0.370 e. The fourth-order valence-electron chi connectivity index (χ4n) is 4.49. The van der Waals surface area contributed by atoms with Crippen LogP contribution < -0.4 is 10.5 Å². The third-order valence-electron chi connectivity index (χ3n) is 6.04. The van der Waals surface area contributed by atoms with Gasteiger partial charge in [0.05, 0.1) is 24.4 Å². The first-order valence-corrected chi connectivity index (χ1v) is 9.63. The van der Waals surface area contributed by atoms with Gasteiger partial charge in [-0.25, -0.2) is 14.4 Å². The third kappa shape index (κ3) is 2.61. The topological polar surface area (TPSA) is 108 Å². The van der Waals surface area contributed by atoms with Crippen LogP contribution in [-0.2, 0) is 13.6 Å². The minimum Gasteiger partial charge on any atom is -0.370 e. The molecule has 0 radical (unpaired) electrons. The monoisotopic (exact) mass is 408 g/mol. The average molecular weight is 408 g/mol. The highest BCUT2D eigenvalue weighted by Crippen LogP contribution is 2.57. The number of halogens is 1. The van der Waals surface area contributed by atoms with E-state index in [1.165, 1.54) is 23.2 Å². The lowest BCUT2D eigenvalue weighted by molar-refractivity contribution is 0.363. The van der Waals surface area contributed by atoms with E-state index < -0.39 is 0 Å². The number of rotatable bonds is 4.